The molecular formula is C20H22N6O2. The van der Waals surface area contributed by atoms with Crippen molar-refractivity contribution in [1.29, 1.82) is 0 Å². The van der Waals surface area contributed by atoms with Crippen molar-refractivity contribution in [2.24, 2.45) is 0 Å². The Labute approximate surface area is 162 Å². The SMILES string of the molecule is CN1CCN(C(=O)c2nc(C(=O)NCc3ccncc3)c3ccccn23)CC1. The van der Waals surface area contributed by atoms with E-state index in [1.165, 1.54) is 0 Å². The Morgan fingerprint density at radius 2 is 1.82 bits per heavy atom. The summed E-state index contributed by atoms with van der Waals surface area (Å²) in [6, 6.07) is 9.14. The number of carbonyl (C=O) groups is 2. The first-order valence-corrected chi connectivity index (χ1v) is 9.25. The summed E-state index contributed by atoms with van der Waals surface area (Å²) >= 11 is 0. The molecule has 8 heteroatoms. The van der Waals surface area contributed by atoms with E-state index in [1.54, 1.807) is 34.0 Å². The Kier molecular flexibility index (Phi) is 5.03. The summed E-state index contributed by atoms with van der Waals surface area (Å²) < 4.78 is 1.70. The Morgan fingerprint density at radius 3 is 2.57 bits per heavy atom. The van der Waals surface area contributed by atoms with Crippen LogP contribution < -0.4 is 5.32 Å². The standard InChI is InChI=1S/C20H22N6O2/c1-24-10-12-25(13-11-24)20(28)18-23-17(16-4-2-3-9-26(16)18)19(27)22-14-15-5-7-21-8-6-15/h2-9H,10-14H2,1H3,(H,22,27). The molecule has 1 aliphatic heterocycles. The Morgan fingerprint density at radius 1 is 1.07 bits per heavy atom. The van der Waals surface area contributed by atoms with E-state index in [0.717, 1.165) is 18.7 Å². The summed E-state index contributed by atoms with van der Waals surface area (Å²) in [5, 5.41) is 2.87. The molecule has 0 aromatic carbocycles. The van der Waals surface area contributed by atoms with E-state index in [-0.39, 0.29) is 23.3 Å². The summed E-state index contributed by atoms with van der Waals surface area (Å²) in [6.07, 6.45) is 5.13. The molecule has 144 valence electrons. The van der Waals surface area contributed by atoms with Crippen LogP contribution in [-0.2, 0) is 6.54 Å². The number of piperazine rings is 1. The van der Waals surface area contributed by atoms with Gasteiger partial charge in [0.15, 0.2) is 5.69 Å². The van der Waals surface area contributed by atoms with Crippen LogP contribution in [0.1, 0.15) is 26.7 Å². The average Bonchev–Trinajstić information content (AvgIpc) is 3.13. The second-order valence-corrected chi connectivity index (χ2v) is 6.87. The molecule has 3 aromatic heterocycles. The highest BCUT2D eigenvalue weighted by atomic mass is 16.2. The smallest absolute Gasteiger partial charge is 0.290 e. The lowest BCUT2D eigenvalue weighted by Crippen LogP contribution is -2.47. The van der Waals surface area contributed by atoms with E-state index in [2.05, 4.69) is 20.2 Å². The molecule has 2 amide bonds. The van der Waals surface area contributed by atoms with Gasteiger partial charge in [-0.2, -0.15) is 0 Å². The van der Waals surface area contributed by atoms with E-state index < -0.39 is 0 Å². The van der Waals surface area contributed by atoms with Gasteiger partial charge in [0, 0.05) is 51.3 Å². The molecule has 4 heterocycles. The topological polar surface area (TPSA) is 82.8 Å². The van der Waals surface area contributed by atoms with E-state index in [0.29, 0.717) is 25.2 Å². The zero-order chi connectivity index (χ0) is 19.5. The second kappa shape index (κ2) is 7.77. The van der Waals surface area contributed by atoms with E-state index in [1.807, 2.05) is 31.3 Å². The number of hydrogen-bond acceptors (Lipinski definition) is 5. The number of fused-ring (bicyclic) bond motifs is 1. The minimum atomic E-state index is -0.307. The van der Waals surface area contributed by atoms with Crippen LogP contribution in [0.3, 0.4) is 0 Å². The highest BCUT2D eigenvalue weighted by molar-refractivity contribution is 6.02. The number of nitrogens with zero attached hydrogens (tertiary/aromatic N) is 5. The second-order valence-electron chi connectivity index (χ2n) is 6.87. The molecule has 0 radical (unpaired) electrons. The van der Waals surface area contributed by atoms with Crippen molar-refractivity contribution in [2.75, 3.05) is 33.2 Å². The number of pyridine rings is 2. The highest BCUT2D eigenvalue weighted by Gasteiger charge is 2.26. The van der Waals surface area contributed by atoms with Crippen LogP contribution in [0.4, 0.5) is 0 Å². The van der Waals surface area contributed by atoms with E-state index in [9.17, 15) is 9.59 Å². The quantitative estimate of drug-likeness (QED) is 0.734. The van der Waals surface area contributed by atoms with Crippen molar-refractivity contribution >= 4 is 17.3 Å². The zero-order valence-corrected chi connectivity index (χ0v) is 15.7. The van der Waals surface area contributed by atoms with Gasteiger partial charge >= 0.3 is 0 Å². The summed E-state index contributed by atoms with van der Waals surface area (Å²) in [7, 11) is 2.04. The lowest BCUT2D eigenvalue weighted by molar-refractivity contribution is 0.0651. The molecule has 28 heavy (non-hydrogen) atoms. The maximum absolute atomic E-state index is 13.0. The molecule has 3 aromatic rings. The van der Waals surface area contributed by atoms with E-state index in [4.69, 9.17) is 0 Å². The number of imidazole rings is 1. The highest BCUT2D eigenvalue weighted by Crippen LogP contribution is 2.16. The Balaban J connectivity index is 1.59. The zero-order valence-electron chi connectivity index (χ0n) is 15.7. The van der Waals surface area contributed by atoms with Crippen LogP contribution in [0.5, 0.6) is 0 Å². The van der Waals surface area contributed by atoms with Gasteiger partial charge in [-0.05, 0) is 36.9 Å². The van der Waals surface area contributed by atoms with Crippen molar-refractivity contribution < 1.29 is 9.59 Å². The number of likely N-dealkylation sites (N-methyl/N-ethyl adjacent to an activating group) is 1. The molecule has 0 saturated carbocycles. The van der Waals surface area contributed by atoms with Gasteiger partial charge in [-0.25, -0.2) is 4.98 Å². The maximum Gasteiger partial charge on any atom is 0.290 e. The number of amides is 2. The lowest BCUT2D eigenvalue weighted by atomic mass is 10.2. The first-order valence-electron chi connectivity index (χ1n) is 9.25. The van der Waals surface area contributed by atoms with Crippen molar-refractivity contribution in [3.05, 3.63) is 66.0 Å². The van der Waals surface area contributed by atoms with Crippen LogP contribution in [0.15, 0.2) is 48.9 Å². The first-order chi connectivity index (χ1) is 13.6. The van der Waals surface area contributed by atoms with Crippen molar-refractivity contribution in [3.8, 4) is 0 Å². The van der Waals surface area contributed by atoms with Crippen LogP contribution in [-0.4, -0.2) is 69.2 Å². The fourth-order valence-corrected chi connectivity index (χ4v) is 3.27. The molecule has 1 saturated heterocycles. The number of hydrogen-bond donors (Lipinski definition) is 1. The summed E-state index contributed by atoms with van der Waals surface area (Å²) in [4.78, 5) is 38.2. The molecule has 0 aliphatic carbocycles. The van der Waals surface area contributed by atoms with Gasteiger partial charge in [-0.3, -0.25) is 19.0 Å². The molecule has 1 fully saturated rings. The van der Waals surface area contributed by atoms with Gasteiger partial charge in [0.1, 0.15) is 0 Å². The molecule has 4 rings (SSSR count). The fraction of sp³-hybridized carbons (Fsp3) is 0.300. The van der Waals surface area contributed by atoms with Crippen LogP contribution in [0.2, 0.25) is 0 Å². The van der Waals surface area contributed by atoms with Gasteiger partial charge < -0.3 is 15.1 Å². The van der Waals surface area contributed by atoms with Gasteiger partial charge in [-0.15, -0.1) is 0 Å². The Hall–Kier alpha value is -3.26. The monoisotopic (exact) mass is 378 g/mol. The summed E-state index contributed by atoms with van der Waals surface area (Å²) in [5.41, 5.74) is 1.82. The van der Waals surface area contributed by atoms with Crippen molar-refractivity contribution in [1.82, 2.24) is 29.5 Å². The van der Waals surface area contributed by atoms with Gasteiger partial charge in [0.2, 0.25) is 5.82 Å². The summed E-state index contributed by atoms with van der Waals surface area (Å²) in [5.74, 6) is -0.186. The Bertz CT molecular complexity index is 992. The molecule has 0 bridgehead atoms. The number of aromatic nitrogens is 3. The third-order valence-corrected chi connectivity index (χ3v) is 4.95. The normalized spacial score (nSPS) is 15.0. The van der Waals surface area contributed by atoms with Crippen LogP contribution >= 0.6 is 0 Å². The third-order valence-electron chi connectivity index (χ3n) is 4.95. The number of nitrogens with one attached hydrogen (secondary N) is 1. The molecular weight excluding hydrogens is 356 g/mol. The molecule has 0 atom stereocenters. The maximum atomic E-state index is 13.0. The molecule has 0 spiro atoms. The lowest BCUT2D eigenvalue weighted by Gasteiger charge is -2.31. The van der Waals surface area contributed by atoms with Crippen molar-refractivity contribution in [2.45, 2.75) is 6.54 Å². The fourth-order valence-electron chi connectivity index (χ4n) is 3.27. The van der Waals surface area contributed by atoms with Crippen LogP contribution in [0, 0.1) is 0 Å². The van der Waals surface area contributed by atoms with Gasteiger partial charge in [-0.1, -0.05) is 6.07 Å². The van der Waals surface area contributed by atoms with Crippen LogP contribution in [0.25, 0.3) is 5.52 Å². The predicted molar refractivity (Wildman–Crippen MR) is 104 cm³/mol. The average molecular weight is 378 g/mol. The minimum absolute atomic E-state index is 0.150. The molecule has 8 nitrogen and oxygen atoms in total. The first kappa shape index (κ1) is 18.1. The minimum Gasteiger partial charge on any atom is -0.347 e. The number of carbonyl (C=O) groups excluding carboxylic acids is 2. The van der Waals surface area contributed by atoms with Gasteiger partial charge in [0.25, 0.3) is 11.8 Å². The van der Waals surface area contributed by atoms with E-state index >= 15 is 0 Å². The largest absolute Gasteiger partial charge is 0.347 e. The molecule has 1 N–H and O–H groups in total. The number of rotatable bonds is 4. The molecule has 1 aliphatic rings. The van der Waals surface area contributed by atoms with Crippen molar-refractivity contribution in [3.63, 3.8) is 0 Å². The van der Waals surface area contributed by atoms with Gasteiger partial charge in [0.05, 0.1) is 5.52 Å². The summed E-state index contributed by atoms with van der Waals surface area (Å²) in [6.45, 7) is 3.33. The predicted octanol–water partition coefficient (Wildman–Crippen LogP) is 1.05. The third kappa shape index (κ3) is 3.59. The molecule has 0 unspecified atom stereocenters.